The van der Waals surface area contributed by atoms with Crippen molar-refractivity contribution in [1.29, 1.82) is 0 Å². The summed E-state index contributed by atoms with van der Waals surface area (Å²) in [6, 6.07) is 7.85. The third kappa shape index (κ3) is 5.31. The Labute approximate surface area is 126 Å². The Morgan fingerprint density at radius 2 is 1.71 bits per heavy atom. The van der Waals surface area contributed by atoms with E-state index in [-0.39, 0.29) is 24.0 Å². The van der Waals surface area contributed by atoms with E-state index in [2.05, 4.69) is 0 Å². The number of Topliss-reactive ketones (excluding diaryl/α,β-unsaturated/α-hetero) is 1. The molecule has 1 rings (SSSR count). The van der Waals surface area contributed by atoms with Gasteiger partial charge in [0.1, 0.15) is 5.78 Å². The second kappa shape index (κ2) is 7.93. The lowest BCUT2D eigenvalue weighted by atomic mass is 9.86. The number of nitrogens with one attached hydrogen (secondary N) is 1. The van der Waals surface area contributed by atoms with Crippen molar-refractivity contribution in [3.63, 3.8) is 0 Å². The number of aryl methyl sites for hydroxylation is 1. The third-order valence-electron chi connectivity index (χ3n) is 3.74. The van der Waals surface area contributed by atoms with Crippen LogP contribution in [0.4, 0.5) is 0 Å². The molecular weight excluding hydrogens is 266 g/mol. The largest absolute Gasteiger partial charge is 0.299 e. The van der Waals surface area contributed by atoms with Crippen molar-refractivity contribution in [2.45, 2.75) is 46.5 Å². The predicted octanol–water partition coefficient (Wildman–Crippen LogP) is 3.23. The Hall–Kier alpha value is -1.68. The summed E-state index contributed by atoms with van der Waals surface area (Å²) in [5.41, 5.74) is 3.78. The number of carbonyl (C=O) groups is 2. The molecule has 0 aliphatic rings. The first-order valence-corrected chi connectivity index (χ1v) is 7.38. The first-order valence-electron chi connectivity index (χ1n) is 7.38. The van der Waals surface area contributed by atoms with Gasteiger partial charge in [-0.1, -0.05) is 50.6 Å². The maximum Gasteiger partial charge on any atom is 0.246 e. The third-order valence-corrected chi connectivity index (χ3v) is 3.74. The Kier molecular flexibility index (Phi) is 6.56. The Morgan fingerprint density at radius 3 is 2.19 bits per heavy atom. The molecule has 0 bridgehead atoms. The predicted molar refractivity (Wildman–Crippen MR) is 82.1 cm³/mol. The molecule has 2 atom stereocenters. The second-order valence-electron chi connectivity index (χ2n) is 6.11. The average Bonchev–Trinajstić information content (AvgIpc) is 2.45. The zero-order chi connectivity index (χ0) is 16.0. The van der Waals surface area contributed by atoms with Crippen LogP contribution in [-0.2, 0) is 9.59 Å². The van der Waals surface area contributed by atoms with Crippen molar-refractivity contribution in [1.82, 2.24) is 5.48 Å². The number of hydrogen-bond acceptors (Lipinski definition) is 3. The Bertz CT molecular complexity index is 479. The Morgan fingerprint density at radius 1 is 1.14 bits per heavy atom. The number of amides is 1. The van der Waals surface area contributed by atoms with Crippen LogP contribution in [0.2, 0.25) is 0 Å². The van der Waals surface area contributed by atoms with Crippen molar-refractivity contribution < 1.29 is 14.8 Å². The van der Waals surface area contributed by atoms with Gasteiger partial charge in [0, 0.05) is 18.3 Å². The molecule has 4 heteroatoms. The van der Waals surface area contributed by atoms with Gasteiger partial charge in [-0.2, -0.15) is 0 Å². The molecule has 0 saturated carbocycles. The number of ketones is 1. The van der Waals surface area contributed by atoms with Crippen LogP contribution >= 0.6 is 0 Å². The van der Waals surface area contributed by atoms with E-state index in [1.54, 1.807) is 5.48 Å². The number of rotatable bonds is 7. The lowest BCUT2D eigenvalue weighted by Crippen LogP contribution is -2.31. The highest BCUT2D eigenvalue weighted by Crippen LogP contribution is 2.23. The molecule has 0 fully saturated rings. The zero-order valence-corrected chi connectivity index (χ0v) is 13.2. The standard InChI is InChI=1S/C17H25NO3/c1-11(2)9-15(17(20)18-21)10-16(19)13(4)14-7-5-12(3)6-8-14/h5-8,11,13,15,21H,9-10H2,1-4H3,(H,18,20). The number of benzene rings is 1. The fourth-order valence-electron chi connectivity index (χ4n) is 2.40. The van der Waals surface area contributed by atoms with Gasteiger partial charge in [-0.25, -0.2) is 5.48 Å². The molecule has 0 radical (unpaired) electrons. The summed E-state index contributed by atoms with van der Waals surface area (Å²) in [5.74, 6) is -0.891. The van der Waals surface area contributed by atoms with Crippen LogP contribution in [0.25, 0.3) is 0 Å². The first kappa shape index (κ1) is 17.4. The monoisotopic (exact) mass is 291 g/mol. The summed E-state index contributed by atoms with van der Waals surface area (Å²) in [6.07, 6.45) is 0.734. The molecule has 0 spiro atoms. The molecule has 116 valence electrons. The normalized spacial score (nSPS) is 13.8. The van der Waals surface area contributed by atoms with Crippen LogP contribution in [0.3, 0.4) is 0 Å². The van der Waals surface area contributed by atoms with Gasteiger partial charge in [0.2, 0.25) is 5.91 Å². The highest BCUT2D eigenvalue weighted by molar-refractivity contribution is 5.90. The van der Waals surface area contributed by atoms with Crippen LogP contribution in [-0.4, -0.2) is 16.9 Å². The van der Waals surface area contributed by atoms with Gasteiger partial charge in [-0.3, -0.25) is 14.8 Å². The highest BCUT2D eigenvalue weighted by Gasteiger charge is 2.25. The summed E-state index contributed by atoms with van der Waals surface area (Å²) in [4.78, 5) is 24.1. The van der Waals surface area contributed by atoms with E-state index in [1.165, 1.54) is 0 Å². The minimum Gasteiger partial charge on any atom is -0.299 e. The Balaban J connectivity index is 2.76. The number of hydroxylamine groups is 1. The molecule has 2 unspecified atom stereocenters. The fraction of sp³-hybridized carbons (Fsp3) is 0.529. The summed E-state index contributed by atoms with van der Waals surface area (Å²) in [6.45, 7) is 7.84. The first-order chi connectivity index (χ1) is 9.85. The summed E-state index contributed by atoms with van der Waals surface area (Å²) < 4.78 is 0. The van der Waals surface area contributed by atoms with Crippen LogP contribution in [0, 0.1) is 18.8 Å². The van der Waals surface area contributed by atoms with Crippen LogP contribution < -0.4 is 5.48 Å². The van der Waals surface area contributed by atoms with Gasteiger partial charge < -0.3 is 0 Å². The smallest absolute Gasteiger partial charge is 0.246 e. The fourth-order valence-corrected chi connectivity index (χ4v) is 2.40. The molecule has 1 aromatic carbocycles. The molecule has 0 aliphatic carbocycles. The van der Waals surface area contributed by atoms with E-state index < -0.39 is 11.8 Å². The van der Waals surface area contributed by atoms with Crippen molar-refractivity contribution in [3.05, 3.63) is 35.4 Å². The number of carbonyl (C=O) groups excluding carboxylic acids is 2. The molecular formula is C17H25NO3. The molecule has 4 nitrogen and oxygen atoms in total. The average molecular weight is 291 g/mol. The SMILES string of the molecule is Cc1ccc(C(C)C(=O)CC(CC(C)C)C(=O)NO)cc1. The van der Waals surface area contributed by atoms with Gasteiger partial charge in [-0.15, -0.1) is 0 Å². The summed E-state index contributed by atoms with van der Waals surface area (Å²) in [7, 11) is 0. The molecule has 21 heavy (non-hydrogen) atoms. The maximum atomic E-state index is 12.4. The quantitative estimate of drug-likeness (QED) is 0.598. The lowest BCUT2D eigenvalue weighted by molar-refractivity contribution is -0.136. The molecule has 0 heterocycles. The van der Waals surface area contributed by atoms with E-state index in [0.717, 1.165) is 11.1 Å². The van der Waals surface area contributed by atoms with Gasteiger partial charge >= 0.3 is 0 Å². The van der Waals surface area contributed by atoms with Gasteiger partial charge in [0.15, 0.2) is 0 Å². The van der Waals surface area contributed by atoms with Crippen molar-refractivity contribution >= 4 is 11.7 Å². The summed E-state index contributed by atoms with van der Waals surface area (Å²) in [5, 5.41) is 8.81. The van der Waals surface area contributed by atoms with E-state index in [9.17, 15) is 9.59 Å². The minimum atomic E-state index is -0.479. The maximum absolute atomic E-state index is 12.4. The van der Waals surface area contributed by atoms with Crippen LogP contribution in [0.5, 0.6) is 0 Å². The second-order valence-corrected chi connectivity index (χ2v) is 6.11. The molecule has 1 aromatic rings. The minimum absolute atomic E-state index is 0.0214. The highest BCUT2D eigenvalue weighted by atomic mass is 16.5. The van der Waals surface area contributed by atoms with Gasteiger partial charge in [0.25, 0.3) is 0 Å². The molecule has 0 aliphatic heterocycles. The molecule has 0 aromatic heterocycles. The number of hydrogen-bond donors (Lipinski definition) is 2. The topological polar surface area (TPSA) is 66.4 Å². The lowest BCUT2D eigenvalue weighted by Gasteiger charge is -2.18. The van der Waals surface area contributed by atoms with E-state index in [1.807, 2.05) is 52.0 Å². The van der Waals surface area contributed by atoms with E-state index >= 15 is 0 Å². The van der Waals surface area contributed by atoms with Crippen LogP contribution in [0.15, 0.2) is 24.3 Å². The van der Waals surface area contributed by atoms with E-state index in [4.69, 9.17) is 5.21 Å². The van der Waals surface area contributed by atoms with Gasteiger partial charge in [-0.05, 0) is 24.8 Å². The van der Waals surface area contributed by atoms with E-state index in [0.29, 0.717) is 6.42 Å². The van der Waals surface area contributed by atoms with Crippen molar-refractivity contribution in [2.75, 3.05) is 0 Å². The van der Waals surface area contributed by atoms with Crippen molar-refractivity contribution in [2.24, 2.45) is 11.8 Å². The summed E-state index contributed by atoms with van der Waals surface area (Å²) >= 11 is 0. The van der Waals surface area contributed by atoms with Gasteiger partial charge in [0.05, 0.1) is 0 Å². The van der Waals surface area contributed by atoms with Crippen molar-refractivity contribution in [3.8, 4) is 0 Å². The zero-order valence-electron chi connectivity index (χ0n) is 13.2. The molecule has 2 N–H and O–H groups in total. The van der Waals surface area contributed by atoms with Crippen LogP contribution in [0.1, 0.15) is 50.7 Å². The molecule has 0 saturated heterocycles. The molecule has 1 amide bonds.